The molecular weight excluding hydrogens is 222 g/mol. The molecule has 94 valence electrons. The van der Waals surface area contributed by atoms with Crippen LogP contribution in [0, 0.1) is 0 Å². The minimum Gasteiger partial charge on any atom is -0.372 e. The molecule has 0 aliphatic heterocycles. The average Bonchev–Trinajstić information content (AvgIpc) is 2.27. The quantitative estimate of drug-likeness (QED) is 0.779. The van der Waals surface area contributed by atoms with Gasteiger partial charge in [0.1, 0.15) is 6.61 Å². The summed E-state index contributed by atoms with van der Waals surface area (Å²) in [4.78, 5) is 11.5. The fourth-order valence-corrected chi connectivity index (χ4v) is 3.30. The topological polar surface area (TPSA) is 38.3 Å². The predicted molar refractivity (Wildman–Crippen MR) is 68.8 cm³/mol. The summed E-state index contributed by atoms with van der Waals surface area (Å²) in [6, 6.07) is 0.366. The second kappa shape index (κ2) is 7.96. The van der Waals surface area contributed by atoms with Crippen LogP contribution in [0.4, 0.5) is 0 Å². The molecule has 0 bridgehead atoms. The maximum atomic E-state index is 11.5. The van der Waals surface area contributed by atoms with Gasteiger partial charge in [-0.25, -0.2) is 0 Å². The highest BCUT2D eigenvalue weighted by Crippen LogP contribution is 2.28. The van der Waals surface area contributed by atoms with Crippen molar-refractivity contribution in [3.8, 4) is 0 Å². The predicted octanol–water partition coefficient (Wildman–Crippen LogP) is 2.20. The van der Waals surface area contributed by atoms with Crippen LogP contribution in [0.25, 0.3) is 0 Å². The zero-order chi connectivity index (χ0) is 11.8. The van der Waals surface area contributed by atoms with Crippen molar-refractivity contribution < 1.29 is 9.53 Å². The van der Waals surface area contributed by atoms with Crippen LogP contribution in [0.3, 0.4) is 0 Å². The second-order valence-electron chi connectivity index (χ2n) is 4.15. The number of hydrogen-bond donors (Lipinski definition) is 1. The summed E-state index contributed by atoms with van der Waals surface area (Å²) in [5.41, 5.74) is 0. The zero-order valence-electron chi connectivity index (χ0n) is 10.3. The molecule has 1 saturated carbocycles. The van der Waals surface area contributed by atoms with Gasteiger partial charge in [0.05, 0.1) is 0 Å². The molecule has 1 aliphatic carbocycles. The van der Waals surface area contributed by atoms with E-state index in [0.717, 1.165) is 18.1 Å². The zero-order valence-corrected chi connectivity index (χ0v) is 11.1. The monoisotopic (exact) mass is 245 g/mol. The Bertz CT molecular complexity index is 209. The van der Waals surface area contributed by atoms with Crippen LogP contribution in [-0.2, 0) is 9.53 Å². The number of thioether (sulfide) groups is 1. The molecule has 1 rings (SSSR count). The number of carbonyl (C=O) groups excluding carboxylic acids is 1. The van der Waals surface area contributed by atoms with Crippen LogP contribution in [0.5, 0.6) is 0 Å². The van der Waals surface area contributed by atoms with Gasteiger partial charge in [-0.15, -0.1) is 0 Å². The highest BCUT2D eigenvalue weighted by Gasteiger charge is 2.22. The molecule has 3 nitrogen and oxygen atoms in total. The third kappa shape index (κ3) is 5.21. The molecule has 0 heterocycles. The first-order chi connectivity index (χ1) is 7.76. The number of nitrogens with one attached hydrogen (secondary N) is 1. The van der Waals surface area contributed by atoms with Gasteiger partial charge in [0.2, 0.25) is 5.91 Å². The molecule has 0 aromatic carbocycles. The summed E-state index contributed by atoms with van der Waals surface area (Å²) in [6.07, 6.45) is 4.78. The molecule has 1 fully saturated rings. The minimum atomic E-state index is 0.0361. The second-order valence-corrected chi connectivity index (χ2v) is 5.72. The SMILES string of the molecule is CCOCC(=O)N[C@H]1CCC[C@H](SCC)C1. The largest absolute Gasteiger partial charge is 0.372 e. The first kappa shape index (κ1) is 13.8. The van der Waals surface area contributed by atoms with E-state index in [1.165, 1.54) is 18.6 Å². The highest BCUT2D eigenvalue weighted by molar-refractivity contribution is 7.99. The van der Waals surface area contributed by atoms with Gasteiger partial charge in [0.15, 0.2) is 0 Å². The molecule has 0 aromatic heterocycles. The van der Waals surface area contributed by atoms with Gasteiger partial charge in [-0.2, -0.15) is 11.8 Å². The molecule has 16 heavy (non-hydrogen) atoms. The average molecular weight is 245 g/mol. The Balaban J connectivity index is 2.22. The lowest BCUT2D eigenvalue weighted by Crippen LogP contribution is -2.40. The van der Waals surface area contributed by atoms with Crippen molar-refractivity contribution >= 4 is 17.7 Å². The Kier molecular flexibility index (Phi) is 6.88. The van der Waals surface area contributed by atoms with Crippen molar-refractivity contribution in [2.24, 2.45) is 0 Å². The number of hydrogen-bond acceptors (Lipinski definition) is 3. The van der Waals surface area contributed by atoms with Crippen LogP contribution in [0.2, 0.25) is 0 Å². The maximum Gasteiger partial charge on any atom is 0.246 e. The van der Waals surface area contributed by atoms with Gasteiger partial charge in [0.25, 0.3) is 0 Å². The number of amides is 1. The van der Waals surface area contributed by atoms with E-state index in [-0.39, 0.29) is 12.5 Å². The van der Waals surface area contributed by atoms with E-state index in [0.29, 0.717) is 12.6 Å². The van der Waals surface area contributed by atoms with Gasteiger partial charge in [-0.05, 0) is 31.9 Å². The Morgan fingerprint density at radius 2 is 2.25 bits per heavy atom. The van der Waals surface area contributed by atoms with Gasteiger partial charge in [-0.1, -0.05) is 13.3 Å². The third-order valence-corrected chi connectivity index (χ3v) is 4.06. The Morgan fingerprint density at radius 1 is 1.44 bits per heavy atom. The third-order valence-electron chi connectivity index (χ3n) is 2.83. The van der Waals surface area contributed by atoms with Gasteiger partial charge in [-0.3, -0.25) is 4.79 Å². The molecule has 4 heteroatoms. The molecule has 1 aliphatic rings. The first-order valence-electron chi connectivity index (χ1n) is 6.25. The first-order valence-corrected chi connectivity index (χ1v) is 7.29. The van der Waals surface area contributed by atoms with Gasteiger partial charge < -0.3 is 10.1 Å². The van der Waals surface area contributed by atoms with Crippen molar-refractivity contribution in [2.45, 2.75) is 50.8 Å². The fraction of sp³-hybridized carbons (Fsp3) is 0.917. The fourth-order valence-electron chi connectivity index (χ4n) is 2.13. The summed E-state index contributed by atoms with van der Waals surface area (Å²) < 4.78 is 5.09. The van der Waals surface area contributed by atoms with Crippen LogP contribution < -0.4 is 5.32 Å². The van der Waals surface area contributed by atoms with Gasteiger partial charge >= 0.3 is 0 Å². The van der Waals surface area contributed by atoms with Crippen molar-refractivity contribution in [3.05, 3.63) is 0 Å². The number of rotatable bonds is 6. The van der Waals surface area contributed by atoms with E-state index in [9.17, 15) is 4.79 Å². The lowest BCUT2D eigenvalue weighted by atomic mass is 9.95. The molecule has 1 N–H and O–H groups in total. The smallest absolute Gasteiger partial charge is 0.246 e. The van der Waals surface area contributed by atoms with Crippen LogP contribution in [-0.4, -0.2) is 36.2 Å². The lowest BCUT2D eigenvalue weighted by molar-refractivity contribution is -0.126. The number of carbonyl (C=O) groups is 1. The van der Waals surface area contributed by atoms with Crippen LogP contribution >= 0.6 is 11.8 Å². The van der Waals surface area contributed by atoms with E-state index < -0.39 is 0 Å². The molecule has 2 atom stereocenters. The Hall–Kier alpha value is -0.220. The standard InChI is InChI=1S/C12H23NO2S/c1-3-15-9-12(14)13-10-6-5-7-11(8-10)16-4-2/h10-11H,3-9H2,1-2H3,(H,13,14)/t10-,11-/m0/s1. The molecule has 0 saturated heterocycles. The Morgan fingerprint density at radius 3 is 2.94 bits per heavy atom. The normalized spacial score (nSPS) is 25.4. The highest BCUT2D eigenvalue weighted by atomic mass is 32.2. The van der Waals surface area contributed by atoms with E-state index >= 15 is 0 Å². The molecule has 1 amide bonds. The number of ether oxygens (including phenoxy) is 1. The Labute approximate surface area is 103 Å². The van der Waals surface area contributed by atoms with E-state index in [4.69, 9.17) is 4.74 Å². The van der Waals surface area contributed by atoms with Crippen molar-refractivity contribution in [1.82, 2.24) is 5.32 Å². The van der Waals surface area contributed by atoms with Crippen molar-refractivity contribution in [3.63, 3.8) is 0 Å². The minimum absolute atomic E-state index is 0.0361. The summed E-state index contributed by atoms with van der Waals surface area (Å²) in [5, 5.41) is 3.80. The van der Waals surface area contributed by atoms with Gasteiger partial charge in [0, 0.05) is 17.9 Å². The molecular formula is C12H23NO2S. The van der Waals surface area contributed by atoms with Crippen LogP contribution in [0.1, 0.15) is 39.5 Å². The summed E-state index contributed by atoms with van der Waals surface area (Å²) in [6.45, 7) is 4.91. The van der Waals surface area contributed by atoms with E-state index in [2.05, 4.69) is 12.2 Å². The molecule has 0 aromatic rings. The molecule has 0 spiro atoms. The van der Waals surface area contributed by atoms with Crippen molar-refractivity contribution in [1.29, 1.82) is 0 Å². The van der Waals surface area contributed by atoms with E-state index in [1.54, 1.807) is 0 Å². The lowest BCUT2D eigenvalue weighted by Gasteiger charge is -2.29. The molecule has 0 radical (unpaired) electrons. The summed E-state index contributed by atoms with van der Waals surface area (Å²) in [5.74, 6) is 1.21. The maximum absolute atomic E-state index is 11.5. The summed E-state index contributed by atoms with van der Waals surface area (Å²) >= 11 is 2.02. The van der Waals surface area contributed by atoms with Crippen molar-refractivity contribution in [2.75, 3.05) is 19.0 Å². The summed E-state index contributed by atoms with van der Waals surface area (Å²) in [7, 11) is 0. The van der Waals surface area contributed by atoms with E-state index in [1.807, 2.05) is 18.7 Å². The van der Waals surface area contributed by atoms with Crippen LogP contribution in [0.15, 0.2) is 0 Å². The molecule has 0 unspecified atom stereocenters.